The summed E-state index contributed by atoms with van der Waals surface area (Å²) in [5, 5.41) is 0. The molecule has 2 aromatic heterocycles. The zero-order valence-corrected chi connectivity index (χ0v) is 17.1. The molecule has 1 aliphatic rings. The lowest BCUT2D eigenvalue weighted by atomic mass is 10.2. The molecule has 1 aliphatic heterocycles. The van der Waals surface area contributed by atoms with Crippen molar-refractivity contribution in [1.29, 1.82) is 0 Å². The molecular formula is C24H23FN4O2. The number of carbonyl (C=O) groups excluding carboxylic acids is 1. The number of hydrogen-bond acceptors (Lipinski definition) is 5. The molecule has 1 saturated heterocycles. The summed E-state index contributed by atoms with van der Waals surface area (Å²) in [6, 6.07) is 18.5. The van der Waals surface area contributed by atoms with E-state index in [1.54, 1.807) is 6.07 Å². The fraction of sp³-hybridized carbons (Fsp3) is 0.250. The van der Waals surface area contributed by atoms with Crippen LogP contribution in [0.15, 0.2) is 66.9 Å². The van der Waals surface area contributed by atoms with Crippen LogP contribution in [-0.2, 0) is 16.1 Å². The first-order chi connectivity index (χ1) is 15.2. The van der Waals surface area contributed by atoms with E-state index < -0.39 is 0 Å². The molecule has 0 radical (unpaired) electrons. The van der Waals surface area contributed by atoms with Crippen molar-refractivity contribution < 1.29 is 13.9 Å². The van der Waals surface area contributed by atoms with Gasteiger partial charge in [0.15, 0.2) is 5.82 Å². The van der Waals surface area contributed by atoms with Crippen LogP contribution in [0.2, 0.25) is 0 Å². The zero-order valence-electron chi connectivity index (χ0n) is 17.1. The molecule has 0 aliphatic carbocycles. The first kappa shape index (κ1) is 19.5. The standard InChI is InChI=1S/C24H23FN4O2/c25-19-8-4-9-20-23(19)29-11-5-10-21(29)24(26-20)28-14-12-27(13-15-28)16-22(30)31-17-18-6-2-1-3-7-18/h1-11H,12-17H2. The SMILES string of the molecule is O=C(CN1CCN(c2nc3cccc(F)c3n3cccc23)CC1)OCc1ccccc1. The number of para-hydroxylation sites is 1. The summed E-state index contributed by atoms with van der Waals surface area (Å²) in [4.78, 5) is 21.3. The Labute approximate surface area is 179 Å². The molecule has 7 heteroatoms. The van der Waals surface area contributed by atoms with Crippen molar-refractivity contribution in [3.8, 4) is 0 Å². The van der Waals surface area contributed by atoms with Crippen LogP contribution >= 0.6 is 0 Å². The summed E-state index contributed by atoms with van der Waals surface area (Å²) in [5.41, 5.74) is 2.99. The van der Waals surface area contributed by atoms with Crippen molar-refractivity contribution >= 4 is 28.3 Å². The summed E-state index contributed by atoms with van der Waals surface area (Å²) >= 11 is 0. The molecular weight excluding hydrogens is 395 g/mol. The maximum atomic E-state index is 14.4. The second-order valence-electron chi connectivity index (χ2n) is 7.72. The predicted molar refractivity (Wildman–Crippen MR) is 118 cm³/mol. The number of halogens is 1. The van der Waals surface area contributed by atoms with Crippen LogP contribution in [0.3, 0.4) is 0 Å². The topological polar surface area (TPSA) is 50.1 Å². The average molecular weight is 418 g/mol. The van der Waals surface area contributed by atoms with E-state index in [4.69, 9.17) is 9.72 Å². The van der Waals surface area contributed by atoms with Crippen LogP contribution in [-0.4, -0.2) is 53.0 Å². The van der Waals surface area contributed by atoms with Gasteiger partial charge < -0.3 is 14.0 Å². The monoisotopic (exact) mass is 418 g/mol. The normalized spacial score (nSPS) is 14.9. The minimum atomic E-state index is -0.281. The van der Waals surface area contributed by atoms with Crippen LogP contribution in [0.5, 0.6) is 0 Å². The van der Waals surface area contributed by atoms with E-state index in [1.807, 2.05) is 59.1 Å². The molecule has 0 amide bonds. The lowest BCUT2D eigenvalue weighted by Gasteiger charge is -2.35. The third-order valence-corrected chi connectivity index (χ3v) is 5.68. The molecule has 0 bridgehead atoms. The molecule has 0 unspecified atom stereocenters. The molecule has 4 aromatic rings. The number of carbonyl (C=O) groups is 1. The second-order valence-corrected chi connectivity index (χ2v) is 7.72. The number of anilines is 1. The second kappa shape index (κ2) is 8.35. The fourth-order valence-electron chi connectivity index (χ4n) is 4.08. The lowest BCUT2D eigenvalue weighted by Crippen LogP contribution is -2.48. The third kappa shape index (κ3) is 3.96. The first-order valence-corrected chi connectivity index (χ1v) is 10.4. The first-order valence-electron chi connectivity index (χ1n) is 10.4. The number of hydrogen-bond donors (Lipinski definition) is 0. The van der Waals surface area contributed by atoms with Crippen LogP contribution in [0, 0.1) is 5.82 Å². The quantitative estimate of drug-likeness (QED) is 0.465. The van der Waals surface area contributed by atoms with E-state index in [9.17, 15) is 9.18 Å². The summed E-state index contributed by atoms with van der Waals surface area (Å²) in [7, 11) is 0. The number of rotatable bonds is 5. The average Bonchev–Trinajstić information content (AvgIpc) is 3.28. The van der Waals surface area contributed by atoms with Gasteiger partial charge in [-0.3, -0.25) is 9.69 Å². The van der Waals surface area contributed by atoms with E-state index in [0.717, 1.165) is 43.1 Å². The Morgan fingerprint density at radius 1 is 0.968 bits per heavy atom. The van der Waals surface area contributed by atoms with Crippen LogP contribution in [0.4, 0.5) is 10.2 Å². The maximum Gasteiger partial charge on any atom is 0.320 e. The van der Waals surface area contributed by atoms with Gasteiger partial charge in [-0.1, -0.05) is 36.4 Å². The Bertz CT molecular complexity index is 1220. The number of fused-ring (bicyclic) bond motifs is 3. The largest absolute Gasteiger partial charge is 0.460 e. The Morgan fingerprint density at radius 3 is 2.58 bits per heavy atom. The van der Waals surface area contributed by atoms with E-state index in [-0.39, 0.29) is 18.3 Å². The number of ether oxygens (including phenoxy) is 1. The third-order valence-electron chi connectivity index (χ3n) is 5.68. The minimum Gasteiger partial charge on any atom is -0.460 e. The molecule has 5 rings (SSSR count). The van der Waals surface area contributed by atoms with Gasteiger partial charge in [-0.05, 0) is 29.8 Å². The van der Waals surface area contributed by atoms with E-state index >= 15 is 0 Å². The van der Waals surface area contributed by atoms with Crippen LogP contribution in [0.1, 0.15) is 5.56 Å². The number of nitrogens with zero attached hydrogens (tertiary/aromatic N) is 4. The van der Waals surface area contributed by atoms with Gasteiger partial charge in [0.05, 0.1) is 17.6 Å². The molecule has 0 saturated carbocycles. The number of aromatic nitrogens is 2. The Kier molecular flexibility index (Phi) is 5.26. The number of esters is 1. The smallest absolute Gasteiger partial charge is 0.320 e. The Balaban J connectivity index is 1.25. The lowest BCUT2D eigenvalue weighted by molar-refractivity contribution is -0.146. The molecule has 31 heavy (non-hydrogen) atoms. The van der Waals surface area contributed by atoms with Crippen molar-refractivity contribution in [2.24, 2.45) is 0 Å². The van der Waals surface area contributed by atoms with Gasteiger partial charge in [-0.15, -0.1) is 0 Å². The molecule has 3 heterocycles. The Hall–Kier alpha value is -3.45. The van der Waals surface area contributed by atoms with Crippen molar-refractivity contribution in [3.63, 3.8) is 0 Å². The van der Waals surface area contributed by atoms with Gasteiger partial charge in [0.2, 0.25) is 0 Å². The molecule has 158 valence electrons. The molecule has 1 fully saturated rings. The molecule has 6 nitrogen and oxygen atoms in total. The van der Waals surface area contributed by atoms with E-state index in [0.29, 0.717) is 17.6 Å². The van der Waals surface area contributed by atoms with Crippen molar-refractivity contribution in [3.05, 3.63) is 78.2 Å². The highest BCUT2D eigenvalue weighted by Gasteiger charge is 2.23. The van der Waals surface area contributed by atoms with Gasteiger partial charge in [0.25, 0.3) is 0 Å². The molecule has 0 N–H and O–H groups in total. The highest BCUT2D eigenvalue weighted by molar-refractivity contribution is 5.85. The van der Waals surface area contributed by atoms with Gasteiger partial charge in [-0.2, -0.15) is 0 Å². The van der Waals surface area contributed by atoms with Gasteiger partial charge in [0, 0.05) is 32.4 Å². The van der Waals surface area contributed by atoms with Crippen LogP contribution < -0.4 is 4.90 Å². The fourth-order valence-corrected chi connectivity index (χ4v) is 4.08. The van der Waals surface area contributed by atoms with Gasteiger partial charge >= 0.3 is 5.97 Å². The van der Waals surface area contributed by atoms with Crippen molar-refractivity contribution in [1.82, 2.24) is 14.3 Å². The van der Waals surface area contributed by atoms with Crippen molar-refractivity contribution in [2.45, 2.75) is 6.61 Å². The highest BCUT2D eigenvalue weighted by Crippen LogP contribution is 2.27. The van der Waals surface area contributed by atoms with Gasteiger partial charge in [-0.25, -0.2) is 9.37 Å². The van der Waals surface area contributed by atoms with E-state index in [1.165, 1.54) is 6.07 Å². The molecule has 0 spiro atoms. The van der Waals surface area contributed by atoms with Crippen LogP contribution in [0.25, 0.3) is 16.6 Å². The molecule has 2 aromatic carbocycles. The maximum absolute atomic E-state index is 14.4. The minimum absolute atomic E-state index is 0.217. The Morgan fingerprint density at radius 2 is 1.77 bits per heavy atom. The summed E-state index contributed by atoms with van der Waals surface area (Å²) < 4.78 is 21.7. The number of benzene rings is 2. The highest BCUT2D eigenvalue weighted by atomic mass is 19.1. The number of piperazine rings is 1. The summed E-state index contributed by atoms with van der Waals surface area (Å²) in [6.45, 7) is 3.51. The van der Waals surface area contributed by atoms with Gasteiger partial charge in [0.1, 0.15) is 17.9 Å². The zero-order chi connectivity index (χ0) is 21.2. The molecule has 0 atom stereocenters. The summed E-state index contributed by atoms with van der Waals surface area (Å²) in [6.07, 6.45) is 1.87. The van der Waals surface area contributed by atoms with E-state index in [2.05, 4.69) is 9.80 Å². The predicted octanol–water partition coefficient (Wildman–Crippen LogP) is 3.49. The summed E-state index contributed by atoms with van der Waals surface area (Å²) in [5.74, 6) is 0.344. The van der Waals surface area contributed by atoms with Crippen molar-refractivity contribution in [2.75, 3.05) is 37.6 Å².